The molecule has 2 aromatic carbocycles. The minimum absolute atomic E-state index is 0.0723. The Kier molecular flexibility index (Phi) is 3.93. The summed E-state index contributed by atoms with van der Waals surface area (Å²) >= 11 is 0. The Bertz CT molecular complexity index is 636. The third-order valence-corrected chi connectivity index (χ3v) is 4.74. The molecule has 0 spiro atoms. The predicted molar refractivity (Wildman–Crippen MR) is 85.8 cm³/mol. The summed E-state index contributed by atoms with van der Waals surface area (Å²) in [6.45, 7) is 1.20. The molecule has 3 heteroatoms. The first-order valence-corrected chi connectivity index (χ1v) is 7.66. The highest BCUT2D eigenvalue weighted by Gasteiger charge is 2.37. The second-order valence-electron chi connectivity index (χ2n) is 6.15. The van der Waals surface area contributed by atoms with E-state index in [1.807, 2.05) is 18.2 Å². The second kappa shape index (κ2) is 5.86. The molecule has 3 nitrogen and oxygen atoms in total. The third kappa shape index (κ3) is 2.93. The van der Waals surface area contributed by atoms with Gasteiger partial charge in [-0.05, 0) is 41.1 Å². The van der Waals surface area contributed by atoms with Crippen LogP contribution in [0.2, 0.25) is 0 Å². The van der Waals surface area contributed by atoms with Crippen LogP contribution in [0.25, 0.3) is 10.8 Å². The van der Waals surface area contributed by atoms with Crippen LogP contribution in [-0.2, 0) is 11.3 Å². The molecule has 3 N–H and O–H groups in total. The van der Waals surface area contributed by atoms with E-state index in [0.29, 0.717) is 19.5 Å². The molecular weight excluding hydrogens is 260 g/mol. The van der Waals surface area contributed by atoms with Crippen LogP contribution in [0.3, 0.4) is 0 Å². The minimum Gasteiger partial charge on any atom is -0.352 e. The van der Waals surface area contributed by atoms with Gasteiger partial charge in [-0.1, -0.05) is 48.9 Å². The van der Waals surface area contributed by atoms with Gasteiger partial charge in [0.1, 0.15) is 0 Å². The van der Waals surface area contributed by atoms with E-state index in [2.05, 4.69) is 29.6 Å². The number of nitrogens with two attached hydrogens (primary N) is 1. The van der Waals surface area contributed by atoms with Crippen molar-refractivity contribution >= 4 is 16.7 Å². The summed E-state index contributed by atoms with van der Waals surface area (Å²) < 4.78 is 0. The van der Waals surface area contributed by atoms with Crippen LogP contribution in [0.1, 0.15) is 31.2 Å². The number of carbonyl (C=O) groups is 1. The Morgan fingerprint density at radius 1 is 1.14 bits per heavy atom. The topological polar surface area (TPSA) is 55.1 Å². The molecule has 1 amide bonds. The van der Waals surface area contributed by atoms with Crippen LogP contribution in [-0.4, -0.2) is 12.5 Å². The zero-order valence-electron chi connectivity index (χ0n) is 12.3. The lowest BCUT2D eigenvalue weighted by molar-refractivity contribution is -0.124. The molecule has 1 aliphatic carbocycles. The Labute approximate surface area is 125 Å². The van der Waals surface area contributed by atoms with Crippen molar-refractivity contribution in [2.45, 2.75) is 32.2 Å². The molecular formula is C18H22N2O. The summed E-state index contributed by atoms with van der Waals surface area (Å²) in [5.41, 5.74) is 7.05. The molecule has 0 bridgehead atoms. The van der Waals surface area contributed by atoms with Crippen LogP contribution in [0.15, 0.2) is 42.5 Å². The van der Waals surface area contributed by atoms with Crippen LogP contribution in [0.5, 0.6) is 0 Å². The van der Waals surface area contributed by atoms with E-state index < -0.39 is 0 Å². The van der Waals surface area contributed by atoms with Crippen molar-refractivity contribution in [3.8, 4) is 0 Å². The van der Waals surface area contributed by atoms with E-state index in [-0.39, 0.29) is 11.3 Å². The van der Waals surface area contributed by atoms with E-state index in [9.17, 15) is 4.79 Å². The first kappa shape index (κ1) is 14.1. The molecule has 1 aliphatic rings. The first-order valence-electron chi connectivity index (χ1n) is 7.66. The van der Waals surface area contributed by atoms with Gasteiger partial charge in [0, 0.05) is 13.0 Å². The Morgan fingerprint density at radius 3 is 2.62 bits per heavy atom. The van der Waals surface area contributed by atoms with Crippen molar-refractivity contribution in [1.29, 1.82) is 0 Å². The highest BCUT2D eigenvalue weighted by atomic mass is 16.1. The Balaban J connectivity index is 1.65. The molecule has 110 valence electrons. The molecule has 0 aromatic heterocycles. The molecule has 0 saturated heterocycles. The monoisotopic (exact) mass is 282 g/mol. The number of carbonyl (C=O) groups excluding carboxylic acids is 1. The summed E-state index contributed by atoms with van der Waals surface area (Å²) in [6.07, 6.45) is 3.94. The lowest BCUT2D eigenvalue weighted by atomic mass is 9.66. The molecule has 0 aliphatic heterocycles. The van der Waals surface area contributed by atoms with Crippen LogP contribution in [0, 0.1) is 5.41 Å². The summed E-state index contributed by atoms with van der Waals surface area (Å²) in [7, 11) is 0. The Hall–Kier alpha value is -1.87. The fraction of sp³-hybridized carbons (Fsp3) is 0.389. The quantitative estimate of drug-likeness (QED) is 0.886. The smallest absolute Gasteiger partial charge is 0.220 e. The van der Waals surface area contributed by atoms with Crippen LogP contribution >= 0.6 is 0 Å². The van der Waals surface area contributed by atoms with Gasteiger partial charge < -0.3 is 11.1 Å². The summed E-state index contributed by atoms with van der Waals surface area (Å²) in [5.74, 6) is 0.119. The molecule has 0 unspecified atom stereocenters. The van der Waals surface area contributed by atoms with Crippen molar-refractivity contribution in [1.82, 2.24) is 5.32 Å². The van der Waals surface area contributed by atoms with Crippen molar-refractivity contribution < 1.29 is 4.79 Å². The molecule has 3 rings (SSSR count). The highest BCUT2D eigenvalue weighted by Crippen LogP contribution is 2.42. The first-order chi connectivity index (χ1) is 10.2. The largest absolute Gasteiger partial charge is 0.352 e. The van der Waals surface area contributed by atoms with Crippen LogP contribution < -0.4 is 11.1 Å². The Morgan fingerprint density at radius 2 is 1.90 bits per heavy atom. The predicted octanol–water partition coefficient (Wildman–Crippen LogP) is 2.98. The maximum atomic E-state index is 12.2. The number of hydrogen-bond acceptors (Lipinski definition) is 2. The van der Waals surface area contributed by atoms with E-state index in [4.69, 9.17) is 5.73 Å². The van der Waals surface area contributed by atoms with Crippen molar-refractivity contribution in [2.24, 2.45) is 11.1 Å². The van der Waals surface area contributed by atoms with Crippen molar-refractivity contribution in [3.05, 3.63) is 48.0 Å². The van der Waals surface area contributed by atoms with Gasteiger partial charge in [0.15, 0.2) is 0 Å². The zero-order chi connectivity index (χ0) is 14.7. The number of benzene rings is 2. The van der Waals surface area contributed by atoms with Gasteiger partial charge in [-0.25, -0.2) is 0 Å². The lowest BCUT2D eigenvalue weighted by Gasteiger charge is -2.40. The van der Waals surface area contributed by atoms with Crippen LogP contribution in [0.4, 0.5) is 0 Å². The highest BCUT2D eigenvalue weighted by molar-refractivity contribution is 5.86. The van der Waals surface area contributed by atoms with Gasteiger partial charge in [0.05, 0.1) is 0 Å². The van der Waals surface area contributed by atoms with Crippen molar-refractivity contribution in [3.63, 3.8) is 0 Å². The molecule has 0 atom stereocenters. The fourth-order valence-corrected chi connectivity index (χ4v) is 3.17. The van der Waals surface area contributed by atoms with Gasteiger partial charge in [0.2, 0.25) is 5.91 Å². The van der Waals surface area contributed by atoms with E-state index in [0.717, 1.165) is 18.4 Å². The number of rotatable bonds is 5. The van der Waals surface area contributed by atoms with Gasteiger partial charge in [-0.15, -0.1) is 0 Å². The molecule has 2 aromatic rings. The molecule has 21 heavy (non-hydrogen) atoms. The minimum atomic E-state index is 0.0723. The number of nitrogens with one attached hydrogen (secondary N) is 1. The van der Waals surface area contributed by atoms with Crippen molar-refractivity contribution in [2.75, 3.05) is 6.54 Å². The van der Waals surface area contributed by atoms with Gasteiger partial charge in [0.25, 0.3) is 0 Å². The zero-order valence-corrected chi connectivity index (χ0v) is 12.3. The maximum Gasteiger partial charge on any atom is 0.220 e. The normalized spacial score (nSPS) is 16.4. The van der Waals surface area contributed by atoms with E-state index in [1.165, 1.54) is 17.2 Å². The standard InChI is InChI=1S/C18H22N2O/c19-13-18(9-4-10-18)11-17(21)20-12-15-7-3-6-14-5-1-2-8-16(14)15/h1-3,5-8H,4,9-13,19H2,(H,20,21). The average molecular weight is 282 g/mol. The number of amides is 1. The van der Waals surface area contributed by atoms with Gasteiger partial charge in [-0.3, -0.25) is 4.79 Å². The SMILES string of the molecule is NCC1(CC(=O)NCc2cccc3ccccc23)CCC1. The second-order valence-corrected chi connectivity index (χ2v) is 6.15. The van der Waals surface area contributed by atoms with E-state index in [1.54, 1.807) is 0 Å². The lowest BCUT2D eigenvalue weighted by Crippen LogP contribution is -2.41. The third-order valence-electron chi connectivity index (χ3n) is 4.74. The molecule has 0 heterocycles. The fourth-order valence-electron chi connectivity index (χ4n) is 3.17. The summed E-state index contributed by atoms with van der Waals surface area (Å²) in [6, 6.07) is 14.5. The maximum absolute atomic E-state index is 12.2. The summed E-state index contributed by atoms with van der Waals surface area (Å²) in [5, 5.41) is 5.47. The molecule has 1 saturated carbocycles. The van der Waals surface area contributed by atoms with Gasteiger partial charge >= 0.3 is 0 Å². The number of hydrogen-bond donors (Lipinski definition) is 2. The van der Waals surface area contributed by atoms with Gasteiger partial charge in [-0.2, -0.15) is 0 Å². The average Bonchev–Trinajstić information content (AvgIpc) is 2.49. The van der Waals surface area contributed by atoms with E-state index >= 15 is 0 Å². The number of fused-ring (bicyclic) bond motifs is 1. The molecule has 0 radical (unpaired) electrons. The summed E-state index contributed by atoms with van der Waals surface area (Å²) in [4.78, 5) is 12.2. The molecule has 1 fully saturated rings.